The van der Waals surface area contributed by atoms with Crippen LogP contribution in [0.15, 0.2) is 12.3 Å². The van der Waals surface area contributed by atoms with E-state index in [2.05, 4.69) is 5.32 Å². The molecule has 0 saturated heterocycles. The quantitative estimate of drug-likeness (QED) is 0.827. The van der Waals surface area contributed by atoms with Gasteiger partial charge in [0.1, 0.15) is 5.69 Å². The number of rotatable bonds is 6. The van der Waals surface area contributed by atoms with Gasteiger partial charge >= 0.3 is 0 Å². The summed E-state index contributed by atoms with van der Waals surface area (Å²) in [6, 6.07) is 1.63. The van der Waals surface area contributed by atoms with E-state index in [0.717, 1.165) is 0 Å². The summed E-state index contributed by atoms with van der Waals surface area (Å²) in [4.78, 5) is 13.9. The maximum Gasteiger partial charge on any atom is 0.268 e. The van der Waals surface area contributed by atoms with Gasteiger partial charge in [-0.3, -0.25) is 4.79 Å². The fourth-order valence-corrected chi connectivity index (χ4v) is 2.25. The van der Waals surface area contributed by atoms with Crippen molar-refractivity contribution in [2.45, 2.75) is 26.0 Å². The molecule has 0 bridgehead atoms. The predicted octanol–water partition coefficient (Wildman–Crippen LogP) is 1.20. The SMILES string of the molecule is CCn1cc(Cl)cc1C(=O)NCC(C)(O)CN(C)C. The number of aliphatic hydroxyl groups is 1. The molecule has 0 fully saturated rings. The maximum atomic E-state index is 12.1. The summed E-state index contributed by atoms with van der Waals surface area (Å²) in [6.45, 7) is 4.97. The Morgan fingerprint density at radius 3 is 2.74 bits per heavy atom. The molecule has 0 saturated carbocycles. The maximum absolute atomic E-state index is 12.1. The second-order valence-corrected chi connectivity index (χ2v) is 5.68. The highest BCUT2D eigenvalue weighted by Crippen LogP contribution is 2.14. The van der Waals surface area contributed by atoms with Crippen LogP contribution in [-0.2, 0) is 6.54 Å². The number of aryl methyl sites for hydroxylation is 1. The molecular weight excluding hydrogens is 266 g/mol. The third kappa shape index (κ3) is 4.86. The van der Waals surface area contributed by atoms with Crippen LogP contribution < -0.4 is 5.32 Å². The Kier molecular flexibility index (Phi) is 5.40. The number of hydrogen-bond donors (Lipinski definition) is 2. The summed E-state index contributed by atoms with van der Waals surface area (Å²) in [5.74, 6) is -0.229. The standard InChI is InChI=1S/C13H22ClN3O2/c1-5-17-7-10(14)6-11(17)12(18)15-8-13(2,19)9-16(3)4/h6-7,19H,5,8-9H2,1-4H3,(H,15,18). The number of nitrogens with one attached hydrogen (secondary N) is 1. The Hall–Kier alpha value is -1.04. The Labute approximate surface area is 119 Å². The van der Waals surface area contributed by atoms with Crippen LogP contribution in [0.2, 0.25) is 5.02 Å². The summed E-state index contributed by atoms with van der Waals surface area (Å²) in [5, 5.41) is 13.4. The van der Waals surface area contributed by atoms with Gasteiger partial charge < -0.3 is 19.9 Å². The van der Waals surface area contributed by atoms with Crippen molar-refractivity contribution in [3.63, 3.8) is 0 Å². The van der Waals surface area contributed by atoms with E-state index in [9.17, 15) is 9.90 Å². The van der Waals surface area contributed by atoms with Crippen LogP contribution >= 0.6 is 11.6 Å². The van der Waals surface area contributed by atoms with Gasteiger partial charge in [0.15, 0.2) is 0 Å². The van der Waals surface area contributed by atoms with Gasteiger partial charge in [-0.2, -0.15) is 0 Å². The summed E-state index contributed by atoms with van der Waals surface area (Å²) < 4.78 is 1.78. The molecule has 0 aliphatic rings. The number of hydrogen-bond acceptors (Lipinski definition) is 3. The summed E-state index contributed by atoms with van der Waals surface area (Å²) in [5.41, 5.74) is -0.458. The molecule has 0 spiro atoms. The molecular formula is C13H22ClN3O2. The summed E-state index contributed by atoms with van der Waals surface area (Å²) in [6.07, 6.45) is 1.72. The lowest BCUT2D eigenvalue weighted by Crippen LogP contribution is -2.47. The smallest absolute Gasteiger partial charge is 0.268 e. The molecule has 0 aliphatic heterocycles. The van der Waals surface area contributed by atoms with Gasteiger partial charge in [0.25, 0.3) is 5.91 Å². The minimum Gasteiger partial charge on any atom is -0.387 e. The van der Waals surface area contributed by atoms with Gasteiger partial charge in [-0.15, -0.1) is 0 Å². The number of amides is 1. The number of carbonyl (C=O) groups is 1. The number of likely N-dealkylation sites (N-methyl/N-ethyl adjacent to an activating group) is 1. The normalized spacial score (nSPS) is 14.5. The van der Waals surface area contributed by atoms with E-state index in [-0.39, 0.29) is 12.5 Å². The van der Waals surface area contributed by atoms with Gasteiger partial charge in [0.05, 0.1) is 10.6 Å². The Morgan fingerprint density at radius 1 is 1.58 bits per heavy atom. The van der Waals surface area contributed by atoms with Crippen LogP contribution in [0.5, 0.6) is 0 Å². The predicted molar refractivity (Wildman–Crippen MR) is 76.6 cm³/mol. The van der Waals surface area contributed by atoms with Crippen molar-refractivity contribution in [2.75, 3.05) is 27.2 Å². The summed E-state index contributed by atoms with van der Waals surface area (Å²) in [7, 11) is 3.75. The monoisotopic (exact) mass is 287 g/mol. The molecule has 0 aromatic carbocycles. The lowest BCUT2D eigenvalue weighted by Gasteiger charge is -2.27. The molecule has 0 aliphatic carbocycles. The average Bonchev–Trinajstić information content (AvgIpc) is 2.66. The number of aromatic nitrogens is 1. The highest BCUT2D eigenvalue weighted by atomic mass is 35.5. The lowest BCUT2D eigenvalue weighted by molar-refractivity contribution is 0.0324. The molecule has 2 N–H and O–H groups in total. The molecule has 1 amide bonds. The molecule has 1 rings (SSSR count). The van der Waals surface area contributed by atoms with Crippen molar-refractivity contribution in [2.24, 2.45) is 0 Å². The molecule has 19 heavy (non-hydrogen) atoms. The van der Waals surface area contributed by atoms with E-state index in [1.807, 2.05) is 25.9 Å². The van der Waals surface area contributed by atoms with Crippen molar-refractivity contribution < 1.29 is 9.90 Å². The van der Waals surface area contributed by atoms with Crippen LogP contribution in [-0.4, -0.2) is 53.3 Å². The average molecular weight is 288 g/mol. The number of halogens is 1. The van der Waals surface area contributed by atoms with Crippen molar-refractivity contribution in [1.82, 2.24) is 14.8 Å². The minimum atomic E-state index is -0.966. The topological polar surface area (TPSA) is 57.5 Å². The van der Waals surface area contributed by atoms with Gasteiger partial charge in [0.2, 0.25) is 0 Å². The van der Waals surface area contributed by atoms with E-state index in [4.69, 9.17) is 11.6 Å². The van der Waals surface area contributed by atoms with Crippen molar-refractivity contribution in [3.05, 3.63) is 23.0 Å². The number of nitrogens with zero attached hydrogens (tertiary/aromatic N) is 2. The van der Waals surface area contributed by atoms with Crippen molar-refractivity contribution in [1.29, 1.82) is 0 Å². The Bertz CT molecular complexity index is 441. The molecule has 0 radical (unpaired) electrons. The Balaban J connectivity index is 2.65. The third-order valence-electron chi connectivity index (χ3n) is 2.72. The first kappa shape index (κ1) is 16.0. The molecule has 108 valence electrons. The Morgan fingerprint density at radius 2 is 2.21 bits per heavy atom. The van der Waals surface area contributed by atoms with Crippen LogP contribution in [0.3, 0.4) is 0 Å². The van der Waals surface area contributed by atoms with Gasteiger partial charge in [-0.1, -0.05) is 11.6 Å². The highest BCUT2D eigenvalue weighted by molar-refractivity contribution is 6.31. The van der Waals surface area contributed by atoms with Gasteiger partial charge in [0, 0.05) is 25.8 Å². The highest BCUT2D eigenvalue weighted by Gasteiger charge is 2.23. The van der Waals surface area contributed by atoms with Gasteiger partial charge in [-0.25, -0.2) is 0 Å². The van der Waals surface area contributed by atoms with Crippen LogP contribution in [0.25, 0.3) is 0 Å². The minimum absolute atomic E-state index is 0.191. The van der Waals surface area contributed by atoms with Crippen LogP contribution in [0.1, 0.15) is 24.3 Å². The van der Waals surface area contributed by atoms with Gasteiger partial charge in [-0.05, 0) is 34.0 Å². The first-order chi connectivity index (χ1) is 8.75. The molecule has 1 aromatic heterocycles. The second kappa shape index (κ2) is 6.41. The van der Waals surface area contributed by atoms with Crippen LogP contribution in [0.4, 0.5) is 0 Å². The molecule has 6 heteroatoms. The molecule has 1 aromatic rings. The van der Waals surface area contributed by atoms with E-state index >= 15 is 0 Å². The first-order valence-corrected chi connectivity index (χ1v) is 6.64. The van der Waals surface area contributed by atoms with Crippen molar-refractivity contribution in [3.8, 4) is 0 Å². The lowest BCUT2D eigenvalue weighted by atomic mass is 10.1. The zero-order valence-electron chi connectivity index (χ0n) is 11.9. The van der Waals surface area contributed by atoms with E-state index in [1.165, 1.54) is 0 Å². The van der Waals surface area contributed by atoms with Crippen molar-refractivity contribution >= 4 is 17.5 Å². The second-order valence-electron chi connectivity index (χ2n) is 5.25. The first-order valence-electron chi connectivity index (χ1n) is 6.26. The molecule has 1 atom stereocenters. The molecule has 5 nitrogen and oxygen atoms in total. The van der Waals surface area contributed by atoms with E-state index in [0.29, 0.717) is 23.8 Å². The fraction of sp³-hybridized carbons (Fsp3) is 0.615. The zero-order chi connectivity index (χ0) is 14.6. The van der Waals surface area contributed by atoms with Crippen LogP contribution in [0, 0.1) is 0 Å². The van der Waals surface area contributed by atoms with E-state index in [1.54, 1.807) is 23.8 Å². The number of carbonyl (C=O) groups excluding carboxylic acids is 1. The third-order valence-corrected chi connectivity index (χ3v) is 2.93. The molecule has 1 unspecified atom stereocenters. The zero-order valence-corrected chi connectivity index (χ0v) is 12.7. The largest absolute Gasteiger partial charge is 0.387 e. The summed E-state index contributed by atoms with van der Waals surface area (Å²) >= 11 is 5.89. The van der Waals surface area contributed by atoms with E-state index < -0.39 is 5.60 Å². The molecule has 1 heterocycles. The fourth-order valence-electron chi connectivity index (χ4n) is 2.03.